The lowest BCUT2D eigenvalue weighted by Crippen LogP contribution is -2.41. The van der Waals surface area contributed by atoms with Crippen molar-refractivity contribution in [3.63, 3.8) is 0 Å². The van der Waals surface area contributed by atoms with Crippen molar-refractivity contribution >= 4 is 28.5 Å². The third-order valence-electron chi connectivity index (χ3n) is 5.35. The smallest absolute Gasteiger partial charge is 0.271 e. The maximum absolute atomic E-state index is 14.9. The predicted octanol–water partition coefficient (Wildman–Crippen LogP) is 4.12. The van der Waals surface area contributed by atoms with Crippen molar-refractivity contribution in [3.05, 3.63) is 47.0 Å². The number of pyridine rings is 1. The third-order valence-corrected chi connectivity index (χ3v) is 5.64. The van der Waals surface area contributed by atoms with E-state index in [9.17, 15) is 9.18 Å². The number of ether oxygens (including phenoxy) is 1. The second-order valence-electron chi connectivity index (χ2n) is 6.94. The zero-order chi connectivity index (χ0) is 18.7. The van der Waals surface area contributed by atoms with Gasteiger partial charge in [0.2, 0.25) is 0 Å². The molecule has 0 bridgehead atoms. The fourth-order valence-corrected chi connectivity index (χ4v) is 4.17. The van der Waals surface area contributed by atoms with Gasteiger partial charge in [0.05, 0.1) is 23.2 Å². The Morgan fingerprint density at radius 1 is 1.30 bits per heavy atom. The van der Waals surface area contributed by atoms with Gasteiger partial charge in [-0.3, -0.25) is 9.78 Å². The van der Waals surface area contributed by atoms with Crippen molar-refractivity contribution in [1.29, 1.82) is 0 Å². The summed E-state index contributed by atoms with van der Waals surface area (Å²) in [6.07, 6.45) is 3.72. The number of hydrogen-bond donors (Lipinski definition) is 0. The van der Waals surface area contributed by atoms with Crippen LogP contribution in [0.4, 0.5) is 4.39 Å². The molecular weight excluding hydrogens is 369 g/mol. The van der Waals surface area contributed by atoms with E-state index in [1.165, 1.54) is 13.2 Å². The fraction of sp³-hybridized carbons (Fsp3) is 0.300. The molecule has 0 radical (unpaired) electrons. The summed E-state index contributed by atoms with van der Waals surface area (Å²) in [7, 11) is 1.48. The molecule has 2 aromatic heterocycles. The van der Waals surface area contributed by atoms with Crippen molar-refractivity contribution in [2.75, 3.05) is 13.7 Å². The minimum absolute atomic E-state index is 0.0648. The molecule has 3 aromatic rings. The lowest BCUT2D eigenvalue weighted by Gasteiger charge is -2.29. The van der Waals surface area contributed by atoms with Crippen LogP contribution in [-0.4, -0.2) is 40.1 Å². The molecular formula is C20H17ClFN3O2. The third kappa shape index (κ3) is 2.43. The molecule has 7 heteroatoms. The van der Waals surface area contributed by atoms with Crippen LogP contribution in [0.3, 0.4) is 0 Å². The number of carbonyl (C=O) groups excluding carboxylic acids is 1. The number of fused-ring (bicyclic) bond motifs is 3. The molecule has 2 aliphatic rings. The summed E-state index contributed by atoms with van der Waals surface area (Å²) in [4.78, 5) is 19.7. The summed E-state index contributed by atoms with van der Waals surface area (Å²) in [5.41, 5.74) is 2.72. The zero-order valence-electron chi connectivity index (χ0n) is 14.7. The van der Waals surface area contributed by atoms with Crippen LogP contribution in [0.5, 0.6) is 5.75 Å². The van der Waals surface area contributed by atoms with E-state index in [1.54, 1.807) is 12.3 Å². The minimum Gasteiger partial charge on any atom is -0.495 e. The zero-order valence-corrected chi connectivity index (χ0v) is 15.5. The number of carbonyl (C=O) groups is 1. The minimum atomic E-state index is -0.502. The van der Waals surface area contributed by atoms with Crippen LogP contribution < -0.4 is 4.74 Å². The number of aromatic nitrogens is 2. The molecule has 5 rings (SSSR count). The second kappa shape index (κ2) is 5.96. The highest BCUT2D eigenvalue weighted by Gasteiger charge is 2.39. The average molecular weight is 386 g/mol. The standard InChI is InChI=1S/C20H17ClFN3O2/c1-27-16-9-12(14(22)10-13(16)21)17-18-15(3-2-6-23-18)25-8-7-24(11-4-5-11)20(26)19(17)25/h2-3,6,9-11H,4-5,7-8H2,1H3. The van der Waals surface area contributed by atoms with Gasteiger partial charge in [0.25, 0.3) is 5.91 Å². The molecule has 3 heterocycles. The molecule has 1 fully saturated rings. The van der Waals surface area contributed by atoms with Crippen LogP contribution in [0.25, 0.3) is 22.2 Å². The summed E-state index contributed by atoms with van der Waals surface area (Å²) < 4.78 is 22.1. The Balaban J connectivity index is 1.82. The highest BCUT2D eigenvalue weighted by Crippen LogP contribution is 2.42. The maximum Gasteiger partial charge on any atom is 0.271 e. The summed E-state index contributed by atoms with van der Waals surface area (Å²) >= 11 is 6.07. The Morgan fingerprint density at radius 3 is 2.85 bits per heavy atom. The van der Waals surface area contributed by atoms with Crippen molar-refractivity contribution in [3.8, 4) is 16.9 Å². The van der Waals surface area contributed by atoms with Gasteiger partial charge in [0.15, 0.2) is 0 Å². The van der Waals surface area contributed by atoms with Gasteiger partial charge in [-0.15, -0.1) is 0 Å². The van der Waals surface area contributed by atoms with E-state index in [4.69, 9.17) is 16.3 Å². The van der Waals surface area contributed by atoms with Crippen molar-refractivity contribution in [2.45, 2.75) is 25.4 Å². The van der Waals surface area contributed by atoms with Crippen LogP contribution in [-0.2, 0) is 6.54 Å². The molecule has 1 aliphatic carbocycles. The van der Waals surface area contributed by atoms with Crippen molar-refractivity contribution in [1.82, 2.24) is 14.5 Å². The van der Waals surface area contributed by atoms with Crippen molar-refractivity contribution in [2.24, 2.45) is 0 Å². The topological polar surface area (TPSA) is 47.4 Å². The van der Waals surface area contributed by atoms with Gasteiger partial charge in [-0.1, -0.05) is 11.6 Å². The van der Waals surface area contributed by atoms with E-state index >= 15 is 0 Å². The monoisotopic (exact) mass is 385 g/mol. The normalized spacial score (nSPS) is 16.7. The van der Waals surface area contributed by atoms with E-state index in [0.29, 0.717) is 41.7 Å². The summed E-state index contributed by atoms with van der Waals surface area (Å²) in [5.74, 6) is -0.206. The van der Waals surface area contributed by atoms with E-state index in [-0.39, 0.29) is 16.5 Å². The van der Waals surface area contributed by atoms with Crippen LogP contribution in [0.1, 0.15) is 23.3 Å². The molecule has 27 heavy (non-hydrogen) atoms. The van der Waals surface area contributed by atoms with Crippen molar-refractivity contribution < 1.29 is 13.9 Å². The molecule has 1 aromatic carbocycles. The number of methoxy groups -OCH3 is 1. The molecule has 1 amide bonds. The molecule has 0 N–H and O–H groups in total. The maximum atomic E-state index is 14.9. The van der Waals surface area contributed by atoms with Gasteiger partial charge >= 0.3 is 0 Å². The summed E-state index contributed by atoms with van der Waals surface area (Å²) in [6, 6.07) is 6.82. The number of halogens is 2. The first-order chi connectivity index (χ1) is 13.1. The number of hydrogen-bond acceptors (Lipinski definition) is 3. The van der Waals surface area contributed by atoms with Gasteiger partial charge in [-0.2, -0.15) is 0 Å². The first-order valence-corrected chi connectivity index (χ1v) is 9.29. The van der Waals surface area contributed by atoms with E-state index < -0.39 is 5.82 Å². The largest absolute Gasteiger partial charge is 0.495 e. The Morgan fingerprint density at radius 2 is 2.11 bits per heavy atom. The van der Waals surface area contributed by atoms with Gasteiger partial charge in [-0.25, -0.2) is 4.39 Å². The molecule has 0 saturated heterocycles. The molecule has 138 valence electrons. The fourth-order valence-electron chi connectivity index (χ4n) is 3.94. The second-order valence-corrected chi connectivity index (χ2v) is 7.35. The SMILES string of the molecule is COc1cc(-c2c3n(c4cccnc24)CCN(C2CC2)C3=O)c(F)cc1Cl. The molecule has 1 saturated carbocycles. The van der Waals surface area contributed by atoms with E-state index in [0.717, 1.165) is 18.4 Å². The van der Waals surface area contributed by atoms with Gasteiger partial charge in [0.1, 0.15) is 17.3 Å². The van der Waals surface area contributed by atoms with Crippen LogP contribution >= 0.6 is 11.6 Å². The van der Waals surface area contributed by atoms with E-state index in [1.807, 2.05) is 21.6 Å². The summed E-state index contributed by atoms with van der Waals surface area (Å²) in [6.45, 7) is 1.34. The lowest BCUT2D eigenvalue weighted by atomic mass is 10.0. The molecule has 0 atom stereocenters. The Kier molecular flexibility index (Phi) is 3.65. The highest BCUT2D eigenvalue weighted by atomic mass is 35.5. The predicted molar refractivity (Wildman–Crippen MR) is 101 cm³/mol. The Labute approximate surface area is 160 Å². The van der Waals surface area contributed by atoms with Crippen LogP contribution in [0, 0.1) is 5.82 Å². The molecule has 0 spiro atoms. The lowest BCUT2D eigenvalue weighted by molar-refractivity contribution is 0.0694. The van der Waals surface area contributed by atoms with Gasteiger partial charge in [0, 0.05) is 36.5 Å². The average Bonchev–Trinajstić information content (AvgIpc) is 3.45. The number of benzene rings is 1. The Bertz CT molecular complexity index is 1090. The van der Waals surface area contributed by atoms with Crippen LogP contribution in [0.2, 0.25) is 5.02 Å². The van der Waals surface area contributed by atoms with Gasteiger partial charge in [-0.05, 0) is 37.1 Å². The quantitative estimate of drug-likeness (QED) is 0.681. The first-order valence-electron chi connectivity index (χ1n) is 8.91. The highest BCUT2D eigenvalue weighted by molar-refractivity contribution is 6.32. The molecule has 1 aliphatic heterocycles. The first kappa shape index (κ1) is 16.6. The number of rotatable bonds is 3. The Hall–Kier alpha value is -2.60. The van der Waals surface area contributed by atoms with E-state index in [2.05, 4.69) is 4.98 Å². The number of amides is 1. The van der Waals surface area contributed by atoms with Gasteiger partial charge < -0.3 is 14.2 Å². The summed E-state index contributed by atoms with van der Waals surface area (Å²) in [5, 5.41) is 0.190. The molecule has 0 unspecified atom stereocenters. The molecule has 5 nitrogen and oxygen atoms in total. The van der Waals surface area contributed by atoms with Crippen LogP contribution in [0.15, 0.2) is 30.5 Å². The number of nitrogens with zero attached hydrogens (tertiary/aromatic N) is 3.